The Morgan fingerprint density at radius 3 is 2.88 bits per heavy atom. The first kappa shape index (κ1) is 11.6. The maximum absolute atomic E-state index is 12.0. The summed E-state index contributed by atoms with van der Waals surface area (Å²) in [5, 5.41) is 1.94. The van der Waals surface area contributed by atoms with Crippen LogP contribution in [-0.2, 0) is 4.74 Å². The van der Waals surface area contributed by atoms with Crippen LogP contribution in [0.5, 0.6) is 0 Å². The molecular weight excluding hydrogens is 222 g/mol. The van der Waals surface area contributed by atoms with Crippen molar-refractivity contribution in [3.8, 4) is 0 Å². The molecule has 0 atom stereocenters. The summed E-state index contributed by atoms with van der Waals surface area (Å²) in [4.78, 5) is 14.8. The van der Waals surface area contributed by atoms with Gasteiger partial charge < -0.3 is 9.64 Å². The zero-order valence-electron chi connectivity index (χ0n) is 9.52. The summed E-state index contributed by atoms with van der Waals surface area (Å²) in [6.07, 6.45) is 2.27. The van der Waals surface area contributed by atoms with Crippen LogP contribution >= 0.6 is 11.3 Å². The van der Waals surface area contributed by atoms with Gasteiger partial charge in [0.15, 0.2) is 0 Å². The predicted octanol–water partition coefficient (Wildman–Crippen LogP) is 2.39. The first-order valence-electron chi connectivity index (χ1n) is 5.75. The number of hydrogen-bond donors (Lipinski definition) is 0. The molecule has 2 heterocycles. The highest BCUT2D eigenvalue weighted by atomic mass is 32.1. The number of amides is 1. The predicted molar refractivity (Wildman–Crippen MR) is 64.9 cm³/mol. The van der Waals surface area contributed by atoms with Crippen molar-refractivity contribution in [2.75, 3.05) is 19.7 Å². The molecule has 1 amide bonds. The Morgan fingerprint density at radius 1 is 1.56 bits per heavy atom. The molecule has 4 heteroatoms. The highest BCUT2D eigenvalue weighted by Gasteiger charge is 2.23. The number of carbonyl (C=O) groups excluding carboxylic acids is 1. The summed E-state index contributed by atoms with van der Waals surface area (Å²) in [7, 11) is 0. The van der Waals surface area contributed by atoms with Gasteiger partial charge in [-0.3, -0.25) is 4.79 Å². The minimum absolute atomic E-state index is 0.171. The molecule has 0 saturated carbocycles. The van der Waals surface area contributed by atoms with Gasteiger partial charge in [-0.25, -0.2) is 0 Å². The third-order valence-electron chi connectivity index (χ3n) is 2.86. The standard InChI is InChI=1S/C12H17NO2S/c1-2-15-10-5-7-13(8-6-10)12(14)11-4-3-9-16-11/h3-4,9-10H,2,5-8H2,1H3. The summed E-state index contributed by atoms with van der Waals surface area (Å²) in [5.41, 5.74) is 0. The fraction of sp³-hybridized carbons (Fsp3) is 0.583. The van der Waals surface area contributed by atoms with Gasteiger partial charge in [0.2, 0.25) is 0 Å². The lowest BCUT2D eigenvalue weighted by molar-refractivity contribution is 0.0147. The quantitative estimate of drug-likeness (QED) is 0.810. The maximum atomic E-state index is 12.0. The fourth-order valence-corrected chi connectivity index (χ4v) is 2.71. The molecule has 1 fully saturated rings. The van der Waals surface area contributed by atoms with E-state index in [0.29, 0.717) is 6.10 Å². The van der Waals surface area contributed by atoms with Crippen LogP contribution in [0.25, 0.3) is 0 Å². The lowest BCUT2D eigenvalue weighted by atomic mass is 10.1. The number of ether oxygens (including phenoxy) is 1. The minimum atomic E-state index is 0.171. The number of nitrogens with zero attached hydrogens (tertiary/aromatic N) is 1. The van der Waals surface area contributed by atoms with E-state index >= 15 is 0 Å². The Hall–Kier alpha value is -0.870. The molecule has 1 saturated heterocycles. The Bertz CT molecular complexity index is 329. The molecule has 1 aromatic rings. The monoisotopic (exact) mass is 239 g/mol. The normalized spacial score (nSPS) is 17.7. The molecule has 0 spiro atoms. The van der Waals surface area contributed by atoms with Crippen LogP contribution in [0.3, 0.4) is 0 Å². The molecule has 1 aromatic heterocycles. The van der Waals surface area contributed by atoms with Crippen LogP contribution in [0.15, 0.2) is 17.5 Å². The molecule has 0 N–H and O–H groups in total. The van der Waals surface area contributed by atoms with Crippen LogP contribution < -0.4 is 0 Å². The Labute approximate surface area is 100 Å². The van der Waals surface area contributed by atoms with Crippen molar-refractivity contribution >= 4 is 17.2 Å². The lowest BCUT2D eigenvalue weighted by Crippen LogP contribution is -2.40. The van der Waals surface area contributed by atoms with Crippen molar-refractivity contribution in [3.63, 3.8) is 0 Å². The third kappa shape index (κ3) is 2.62. The number of likely N-dealkylation sites (tertiary alicyclic amines) is 1. The lowest BCUT2D eigenvalue weighted by Gasteiger charge is -2.31. The van der Waals surface area contributed by atoms with Gasteiger partial charge in [0, 0.05) is 19.7 Å². The molecule has 0 radical (unpaired) electrons. The Kier molecular flexibility index (Phi) is 3.96. The van der Waals surface area contributed by atoms with Crippen LogP contribution in [0, 0.1) is 0 Å². The highest BCUT2D eigenvalue weighted by Crippen LogP contribution is 2.18. The van der Waals surface area contributed by atoms with Crippen molar-refractivity contribution in [2.45, 2.75) is 25.9 Å². The summed E-state index contributed by atoms with van der Waals surface area (Å²) in [5.74, 6) is 0.171. The van der Waals surface area contributed by atoms with Gasteiger partial charge in [0.1, 0.15) is 0 Å². The van der Waals surface area contributed by atoms with Crippen molar-refractivity contribution in [2.24, 2.45) is 0 Å². The highest BCUT2D eigenvalue weighted by molar-refractivity contribution is 7.12. The number of piperidine rings is 1. The molecule has 0 aliphatic carbocycles. The second-order valence-corrected chi connectivity index (χ2v) is 4.87. The SMILES string of the molecule is CCOC1CCN(C(=O)c2cccs2)CC1. The molecular formula is C12H17NO2S. The van der Waals surface area contributed by atoms with E-state index in [1.165, 1.54) is 11.3 Å². The van der Waals surface area contributed by atoms with E-state index in [9.17, 15) is 4.79 Å². The number of hydrogen-bond acceptors (Lipinski definition) is 3. The summed E-state index contributed by atoms with van der Waals surface area (Å²) in [6, 6.07) is 3.81. The number of rotatable bonds is 3. The molecule has 3 nitrogen and oxygen atoms in total. The molecule has 88 valence electrons. The summed E-state index contributed by atoms with van der Waals surface area (Å²) in [6.45, 7) is 4.43. The molecule has 1 aliphatic rings. The van der Waals surface area contributed by atoms with Crippen molar-refractivity contribution in [1.29, 1.82) is 0 Å². The average molecular weight is 239 g/mol. The Balaban J connectivity index is 1.87. The van der Waals surface area contributed by atoms with Crippen LogP contribution in [0.2, 0.25) is 0 Å². The zero-order valence-corrected chi connectivity index (χ0v) is 10.3. The van der Waals surface area contributed by atoms with Gasteiger partial charge in [-0.2, -0.15) is 0 Å². The van der Waals surface area contributed by atoms with Gasteiger partial charge in [-0.1, -0.05) is 6.07 Å². The number of thiophene rings is 1. The van der Waals surface area contributed by atoms with E-state index in [4.69, 9.17) is 4.74 Å². The van der Waals surface area contributed by atoms with Gasteiger partial charge in [0.05, 0.1) is 11.0 Å². The molecule has 16 heavy (non-hydrogen) atoms. The second kappa shape index (κ2) is 5.46. The Morgan fingerprint density at radius 2 is 2.31 bits per heavy atom. The molecule has 2 rings (SSSR count). The van der Waals surface area contributed by atoms with Crippen molar-refractivity contribution < 1.29 is 9.53 Å². The molecule has 0 bridgehead atoms. The van der Waals surface area contributed by atoms with Crippen LogP contribution in [-0.4, -0.2) is 36.6 Å². The van der Waals surface area contributed by atoms with E-state index in [-0.39, 0.29) is 5.91 Å². The van der Waals surface area contributed by atoms with Crippen LogP contribution in [0.4, 0.5) is 0 Å². The first-order chi connectivity index (χ1) is 7.81. The second-order valence-electron chi connectivity index (χ2n) is 3.92. The van der Waals surface area contributed by atoms with Crippen molar-refractivity contribution in [1.82, 2.24) is 4.90 Å². The molecule has 0 aromatic carbocycles. The number of carbonyl (C=O) groups is 1. The van der Waals surface area contributed by atoms with E-state index in [2.05, 4.69) is 0 Å². The largest absolute Gasteiger partial charge is 0.378 e. The van der Waals surface area contributed by atoms with Gasteiger partial charge >= 0.3 is 0 Å². The third-order valence-corrected chi connectivity index (χ3v) is 3.72. The van der Waals surface area contributed by atoms with Gasteiger partial charge in [-0.15, -0.1) is 11.3 Å². The zero-order chi connectivity index (χ0) is 11.4. The van der Waals surface area contributed by atoms with Gasteiger partial charge in [0.25, 0.3) is 5.91 Å². The minimum Gasteiger partial charge on any atom is -0.378 e. The topological polar surface area (TPSA) is 29.5 Å². The van der Waals surface area contributed by atoms with E-state index in [1.807, 2.05) is 29.3 Å². The molecule has 1 aliphatic heterocycles. The average Bonchev–Trinajstić information content (AvgIpc) is 2.83. The van der Waals surface area contributed by atoms with Gasteiger partial charge in [-0.05, 0) is 31.2 Å². The van der Waals surface area contributed by atoms with Crippen LogP contribution in [0.1, 0.15) is 29.4 Å². The van der Waals surface area contributed by atoms with E-state index < -0.39 is 0 Å². The molecule has 0 unspecified atom stereocenters. The van der Waals surface area contributed by atoms with Crippen molar-refractivity contribution in [3.05, 3.63) is 22.4 Å². The maximum Gasteiger partial charge on any atom is 0.263 e. The summed E-state index contributed by atoms with van der Waals surface area (Å²) >= 11 is 1.51. The smallest absolute Gasteiger partial charge is 0.263 e. The first-order valence-corrected chi connectivity index (χ1v) is 6.63. The fourth-order valence-electron chi connectivity index (χ4n) is 2.02. The van der Waals surface area contributed by atoms with E-state index in [1.54, 1.807) is 0 Å². The van der Waals surface area contributed by atoms with E-state index in [0.717, 1.165) is 37.4 Å². The summed E-state index contributed by atoms with van der Waals surface area (Å²) < 4.78 is 5.57.